The molecular formula is C27H29Cl2IN2O8. The topological polar surface area (TPSA) is 135 Å². The fraction of sp³-hybridized carbons (Fsp3) is 0.370. The van der Waals surface area contributed by atoms with Crippen molar-refractivity contribution < 1.29 is 38.8 Å². The molecule has 2 aromatic carbocycles. The summed E-state index contributed by atoms with van der Waals surface area (Å²) in [6.45, 7) is -0.543. The van der Waals surface area contributed by atoms with Gasteiger partial charge in [-0.1, -0.05) is 29.3 Å². The minimum absolute atomic E-state index is 0.00688. The van der Waals surface area contributed by atoms with E-state index in [0.717, 1.165) is 0 Å². The van der Waals surface area contributed by atoms with Crippen molar-refractivity contribution in [3.05, 3.63) is 66.7 Å². The highest BCUT2D eigenvalue weighted by Gasteiger charge is 2.41. The first-order valence-corrected chi connectivity index (χ1v) is 14.0. The number of carbonyl (C=O) groups is 3. The van der Waals surface area contributed by atoms with Crippen LogP contribution >= 0.6 is 45.8 Å². The quantitative estimate of drug-likeness (QED) is 0.227. The van der Waals surface area contributed by atoms with Crippen molar-refractivity contribution in [3.63, 3.8) is 0 Å². The summed E-state index contributed by atoms with van der Waals surface area (Å²) < 4.78 is 17.2. The molecule has 3 N–H and O–H groups in total. The highest BCUT2D eigenvalue weighted by atomic mass is 127. The lowest BCUT2D eigenvalue weighted by Gasteiger charge is -2.40. The van der Waals surface area contributed by atoms with Gasteiger partial charge in [0.05, 0.1) is 23.3 Å². The fourth-order valence-electron chi connectivity index (χ4n) is 4.27. The molecule has 0 heterocycles. The van der Waals surface area contributed by atoms with Crippen LogP contribution in [0.5, 0.6) is 11.5 Å². The molecule has 3 unspecified atom stereocenters. The largest absolute Gasteiger partial charge is 0.493 e. The third-order valence-corrected chi connectivity index (χ3v) is 7.59. The Hall–Kier alpha value is -2.42. The third-order valence-electron chi connectivity index (χ3n) is 6.20. The molecule has 2 aromatic rings. The first-order chi connectivity index (χ1) is 19.1. The van der Waals surface area contributed by atoms with E-state index in [0.29, 0.717) is 31.0 Å². The molecule has 0 fully saturated rings. The summed E-state index contributed by atoms with van der Waals surface area (Å²) in [7, 11) is 2.79. The SMILES string of the molecule is COCC(=O)N(Cc1ccc(Cl)cc1Cl)C1CC(C(=O)NCCO)=CC(Oc2c(I)cc(C=O)cc2OC)C1O. The van der Waals surface area contributed by atoms with Crippen LogP contribution in [0.3, 0.4) is 0 Å². The van der Waals surface area contributed by atoms with E-state index in [-0.39, 0.29) is 49.8 Å². The molecule has 1 aliphatic rings. The van der Waals surface area contributed by atoms with E-state index in [4.69, 9.17) is 37.4 Å². The van der Waals surface area contributed by atoms with Gasteiger partial charge in [0.2, 0.25) is 11.8 Å². The van der Waals surface area contributed by atoms with Gasteiger partial charge in [0.1, 0.15) is 25.1 Å². The summed E-state index contributed by atoms with van der Waals surface area (Å²) in [5.41, 5.74) is 1.18. The number of nitrogens with zero attached hydrogens (tertiary/aromatic N) is 1. The molecule has 0 radical (unpaired) electrons. The molecule has 13 heteroatoms. The lowest BCUT2D eigenvalue weighted by molar-refractivity contribution is -0.143. The molecule has 0 aliphatic heterocycles. The highest BCUT2D eigenvalue weighted by Crippen LogP contribution is 2.37. The Morgan fingerprint density at radius 2 is 1.98 bits per heavy atom. The van der Waals surface area contributed by atoms with Crippen molar-refractivity contribution in [2.45, 2.75) is 31.2 Å². The summed E-state index contributed by atoms with van der Waals surface area (Å²) >= 11 is 14.4. The number of aliphatic hydroxyl groups excluding tert-OH is 2. The maximum atomic E-state index is 13.3. The van der Waals surface area contributed by atoms with Crippen molar-refractivity contribution in [2.24, 2.45) is 0 Å². The first kappa shape index (κ1) is 32.1. The normalized spacial score (nSPS) is 18.5. The van der Waals surface area contributed by atoms with Crippen molar-refractivity contribution in [1.82, 2.24) is 10.2 Å². The number of rotatable bonds is 12. The average molecular weight is 707 g/mol. The van der Waals surface area contributed by atoms with Gasteiger partial charge in [-0.3, -0.25) is 14.4 Å². The van der Waals surface area contributed by atoms with Crippen molar-refractivity contribution in [3.8, 4) is 11.5 Å². The molecule has 0 saturated heterocycles. The molecule has 40 heavy (non-hydrogen) atoms. The number of hydrogen-bond donors (Lipinski definition) is 3. The molecule has 1 aliphatic carbocycles. The molecular weight excluding hydrogens is 678 g/mol. The van der Waals surface area contributed by atoms with Crippen LogP contribution in [0.15, 0.2) is 42.0 Å². The molecule has 10 nitrogen and oxygen atoms in total. The smallest absolute Gasteiger partial charge is 0.249 e. The zero-order valence-electron chi connectivity index (χ0n) is 21.7. The second-order valence-corrected chi connectivity index (χ2v) is 10.9. The van der Waals surface area contributed by atoms with Crippen molar-refractivity contribution in [1.29, 1.82) is 0 Å². The molecule has 3 rings (SSSR count). The Morgan fingerprint density at radius 3 is 2.60 bits per heavy atom. The average Bonchev–Trinajstić information content (AvgIpc) is 2.93. The summed E-state index contributed by atoms with van der Waals surface area (Å²) in [5.74, 6) is -0.430. The Kier molecular flexibility index (Phi) is 12.0. The monoisotopic (exact) mass is 706 g/mol. The Balaban J connectivity index is 2.06. The highest BCUT2D eigenvalue weighted by molar-refractivity contribution is 14.1. The maximum absolute atomic E-state index is 13.3. The van der Waals surface area contributed by atoms with Crippen molar-refractivity contribution >= 4 is 63.9 Å². The predicted octanol–water partition coefficient (Wildman–Crippen LogP) is 3.01. The second-order valence-electron chi connectivity index (χ2n) is 8.86. The van der Waals surface area contributed by atoms with Crippen LogP contribution in [0, 0.1) is 3.57 Å². The second kappa shape index (κ2) is 15.0. The Bertz CT molecular complexity index is 1280. The lowest BCUT2D eigenvalue weighted by atomic mass is 9.87. The zero-order chi connectivity index (χ0) is 29.4. The van der Waals surface area contributed by atoms with Crippen LogP contribution < -0.4 is 14.8 Å². The molecule has 216 valence electrons. The van der Waals surface area contributed by atoms with Gasteiger partial charge < -0.3 is 34.6 Å². The van der Waals surface area contributed by atoms with Gasteiger partial charge in [0, 0.05) is 47.8 Å². The van der Waals surface area contributed by atoms with E-state index in [1.165, 1.54) is 31.3 Å². The number of aldehydes is 1. The summed E-state index contributed by atoms with van der Waals surface area (Å²) in [5, 5.41) is 24.1. The molecule has 0 spiro atoms. The molecule has 3 atom stereocenters. The van der Waals surface area contributed by atoms with Crippen LogP contribution in [0.25, 0.3) is 0 Å². The minimum Gasteiger partial charge on any atom is -0.493 e. The van der Waals surface area contributed by atoms with E-state index in [9.17, 15) is 24.6 Å². The standard InChI is InChI=1S/C27H29Cl2IN2O8/c1-38-14-24(35)32(12-16-3-4-18(28)11-19(16)29)21-9-17(27(37)31-5-6-33)10-22(25(21)36)40-26-20(30)7-15(13-34)8-23(26)39-2/h3-4,7-8,10-11,13,21-22,25,33,36H,5-6,9,12,14H2,1-2H3,(H,31,37). The molecule has 0 bridgehead atoms. The van der Waals surface area contributed by atoms with E-state index in [1.54, 1.807) is 24.3 Å². The van der Waals surface area contributed by atoms with Gasteiger partial charge in [0.25, 0.3) is 0 Å². The molecule has 0 aromatic heterocycles. The Labute approximate surface area is 255 Å². The zero-order valence-corrected chi connectivity index (χ0v) is 25.4. The van der Waals surface area contributed by atoms with Gasteiger partial charge in [-0.15, -0.1) is 0 Å². The van der Waals surface area contributed by atoms with E-state index in [1.807, 2.05) is 22.6 Å². The minimum atomic E-state index is -1.30. The van der Waals surface area contributed by atoms with E-state index >= 15 is 0 Å². The number of carbonyl (C=O) groups excluding carboxylic acids is 3. The van der Waals surface area contributed by atoms with Crippen molar-refractivity contribution in [2.75, 3.05) is 34.0 Å². The number of ether oxygens (including phenoxy) is 3. The van der Waals surface area contributed by atoms with Gasteiger partial charge in [-0.2, -0.15) is 0 Å². The number of amides is 2. The van der Waals surface area contributed by atoms with Gasteiger partial charge >= 0.3 is 0 Å². The number of halogens is 3. The predicted molar refractivity (Wildman–Crippen MR) is 157 cm³/mol. The maximum Gasteiger partial charge on any atom is 0.249 e. The van der Waals surface area contributed by atoms with Crippen LogP contribution in [0.1, 0.15) is 22.3 Å². The number of nitrogens with one attached hydrogen (secondary N) is 1. The van der Waals surface area contributed by atoms with Crippen LogP contribution in [-0.4, -0.2) is 85.4 Å². The number of aliphatic hydroxyl groups is 2. The lowest BCUT2D eigenvalue weighted by Crippen LogP contribution is -2.55. The molecule has 0 saturated carbocycles. The van der Waals surface area contributed by atoms with E-state index in [2.05, 4.69) is 5.32 Å². The van der Waals surface area contributed by atoms with Gasteiger partial charge in [0.15, 0.2) is 11.5 Å². The van der Waals surface area contributed by atoms with Gasteiger partial charge in [-0.25, -0.2) is 0 Å². The number of benzene rings is 2. The van der Waals surface area contributed by atoms with Crippen LogP contribution in [0.2, 0.25) is 10.0 Å². The van der Waals surface area contributed by atoms with Crippen LogP contribution in [0.4, 0.5) is 0 Å². The van der Waals surface area contributed by atoms with Crippen LogP contribution in [-0.2, 0) is 20.9 Å². The number of hydrogen-bond acceptors (Lipinski definition) is 8. The third kappa shape index (κ3) is 7.86. The molecule has 2 amide bonds. The number of methoxy groups -OCH3 is 2. The summed E-state index contributed by atoms with van der Waals surface area (Å²) in [4.78, 5) is 39.0. The van der Waals surface area contributed by atoms with Gasteiger partial charge in [-0.05, 0) is 58.5 Å². The summed E-state index contributed by atoms with van der Waals surface area (Å²) in [6.07, 6.45) is -0.267. The van der Waals surface area contributed by atoms with E-state index < -0.39 is 30.1 Å². The Morgan fingerprint density at radius 1 is 1.23 bits per heavy atom. The first-order valence-electron chi connectivity index (χ1n) is 12.1. The fourth-order valence-corrected chi connectivity index (χ4v) is 5.49. The summed E-state index contributed by atoms with van der Waals surface area (Å²) in [6, 6.07) is 7.01.